The van der Waals surface area contributed by atoms with E-state index >= 15 is 0 Å². The summed E-state index contributed by atoms with van der Waals surface area (Å²) in [5, 5.41) is 11.2. The molecular weight excluding hydrogens is 364 g/mol. The van der Waals surface area contributed by atoms with Crippen LogP contribution in [0, 0.1) is 6.92 Å². The number of piperidine rings is 1. The first-order valence-corrected chi connectivity index (χ1v) is 10.1. The molecule has 29 heavy (non-hydrogen) atoms. The number of hydrogen-bond donors (Lipinski definition) is 1. The van der Waals surface area contributed by atoms with Gasteiger partial charge in [-0.2, -0.15) is 0 Å². The summed E-state index contributed by atoms with van der Waals surface area (Å²) < 4.78 is 10.9. The van der Waals surface area contributed by atoms with Crippen molar-refractivity contribution in [1.82, 2.24) is 9.88 Å². The van der Waals surface area contributed by atoms with Gasteiger partial charge in [0.15, 0.2) is 11.5 Å². The number of nitrogens with zero attached hydrogens (tertiary/aromatic N) is 2. The number of hydrogen-bond acceptors (Lipinski definition) is 5. The quantitative estimate of drug-likeness (QED) is 0.706. The van der Waals surface area contributed by atoms with E-state index in [1.807, 2.05) is 18.2 Å². The minimum atomic E-state index is -0.246. The third-order valence-electron chi connectivity index (χ3n) is 5.58. The standard InChI is InChI=1S/C24H28N2O3/c1-16-6-7-17-12-19(14-26-10-4-5-20(27)15-26)24(25-21(17)11-16)18-8-9-22(28-2)23(13-18)29-3/h6-9,11-13,20,27H,4-5,10,14-15H2,1-3H3. The number of methoxy groups -OCH3 is 2. The third kappa shape index (κ3) is 4.21. The molecule has 1 atom stereocenters. The lowest BCUT2D eigenvalue weighted by Crippen LogP contribution is -2.37. The first-order valence-electron chi connectivity index (χ1n) is 10.1. The lowest BCUT2D eigenvalue weighted by molar-refractivity contribution is 0.0669. The summed E-state index contributed by atoms with van der Waals surface area (Å²) in [5.41, 5.74) is 5.28. The fraction of sp³-hybridized carbons (Fsp3) is 0.375. The van der Waals surface area contributed by atoms with E-state index in [2.05, 4.69) is 36.1 Å². The van der Waals surface area contributed by atoms with Crippen molar-refractivity contribution < 1.29 is 14.6 Å². The molecule has 4 rings (SSSR count). The normalized spacial score (nSPS) is 17.4. The van der Waals surface area contributed by atoms with E-state index < -0.39 is 0 Å². The molecule has 152 valence electrons. The highest BCUT2D eigenvalue weighted by Crippen LogP contribution is 2.34. The van der Waals surface area contributed by atoms with Gasteiger partial charge in [0, 0.05) is 24.0 Å². The Balaban J connectivity index is 1.81. The molecule has 2 heterocycles. The molecule has 1 fully saturated rings. The van der Waals surface area contributed by atoms with Gasteiger partial charge in [0.25, 0.3) is 0 Å². The molecule has 1 saturated heterocycles. The third-order valence-corrected chi connectivity index (χ3v) is 5.58. The Kier molecular flexibility index (Phi) is 5.69. The van der Waals surface area contributed by atoms with Gasteiger partial charge >= 0.3 is 0 Å². The summed E-state index contributed by atoms with van der Waals surface area (Å²) >= 11 is 0. The molecule has 1 unspecified atom stereocenters. The van der Waals surface area contributed by atoms with Crippen LogP contribution in [0.3, 0.4) is 0 Å². The van der Waals surface area contributed by atoms with Crippen molar-refractivity contribution in [1.29, 1.82) is 0 Å². The van der Waals surface area contributed by atoms with Crippen LogP contribution in [0.5, 0.6) is 11.5 Å². The number of aliphatic hydroxyl groups excluding tert-OH is 1. The Morgan fingerprint density at radius 3 is 2.66 bits per heavy atom. The molecule has 3 aromatic rings. The maximum Gasteiger partial charge on any atom is 0.161 e. The van der Waals surface area contributed by atoms with Crippen molar-refractivity contribution in [2.75, 3.05) is 27.3 Å². The van der Waals surface area contributed by atoms with Gasteiger partial charge in [-0.15, -0.1) is 0 Å². The van der Waals surface area contributed by atoms with Crippen molar-refractivity contribution in [2.45, 2.75) is 32.4 Å². The lowest BCUT2D eigenvalue weighted by Gasteiger charge is -2.30. The van der Waals surface area contributed by atoms with E-state index in [-0.39, 0.29) is 6.10 Å². The molecule has 1 aliphatic rings. The Bertz CT molecular complexity index is 1020. The second-order valence-corrected chi connectivity index (χ2v) is 7.79. The number of pyridine rings is 1. The smallest absolute Gasteiger partial charge is 0.161 e. The molecule has 1 N–H and O–H groups in total. The van der Waals surface area contributed by atoms with Gasteiger partial charge in [-0.05, 0) is 67.8 Å². The van der Waals surface area contributed by atoms with Crippen LogP contribution in [-0.4, -0.2) is 48.4 Å². The highest BCUT2D eigenvalue weighted by molar-refractivity contribution is 5.84. The van der Waals surface area contributed by atoms with Gasteiger partial charge in [-0.25, -0.2) is 4.98 Å². The van der Waals surface area contributed by atoms with E-state index in [1.54, 1.807) is 14.2 Å². The van der Waals surface area contributed by atoms with Crippen molar-refractivity contribution in [2.24, 2.45) is 0 Å². The van der Waals surface area contributed by atoms with Gasteiger partial charge < -0.3 is 14.6 Å². The highest BCUT2D eigenvalue weighted by atomic mass is 16.5. The SMILES string of the molecule is COc1ccc(-c2nc3cc(C)ccc3cc2CN2CCCC(O)C2)cc1OC. The second-order valence-electron chi connectivity index (χ2n) is 7.79. The number of ether oxygens (including phenoxy) is 2. The summed E-state index contributed by atoms with van der Waals surface area (Å²) in [6.45, 7) is 4.55. The predicted molar refractivity (Wildman–Crippen MR) is 116 cm³/mol. The minimum absolute atomic E-state index is 0.246. The number of benzene rings is 2. The average molecular weight is 392 g/mol. The molecule has 1 aromatic heterocycles. The van der Waals surface area contributed by atoms with Gasteiger partial charge in [0.2, 0.25) is 0 Å². The fourth-order valence-corrected chi connectivity index (χ4v) is 4.09. The maximum absolute atomic E-state index is 10.1. The zero-order chi connectivity index (χ0) is 20.4. The van der Waals surface area contributed by atoms with Gasteiger partial charge in [-0.3, -0.25) is 4.90 Å². The number of likely N-dealkylation sites (tertiary alicyclic amines) is 1. The van der Waals surface area contributed by atoms with E-state index in [0.717, 1.165) is 53.7 Å². The van der Waals surface area contributed by atoms with Gasteiger partial charge in [-0.1, -0.05) is 12.1 Å². The fourth-order valence-electron chi connectivity index (χ4n) is 4.09. The molecule has 2 aromatic carbocycles. The zero-order valence-electron chi connectivity index (χ0n) is 17.3. The molecule has 1 aliphatic heterocycles. The summed E-state index contributed by atoms with van der Waals surface area (Å²) in [5.74, 6) is 1.39. The Morgan fingerprint density at radius 2 is 1.90 bits per heavy atom. The van der Waals surface area contributed by atoms with Crippen LogP contribution in [0.1, 0.15) is 24.0 Å². The lowest BCUT2D eigenvalue weighted by atomic mass is 10.0. The maximum atomic E-state index is 10.1. The van der Waals surface area contributed by atoms with Crippen LogP contribution in [0.15, 0.2) is 42.5 Å². The Labute approximate surface area is 171 Å². The van der Waals surface area contributed by atoms with Crippen molar-refractivity contribution in [3.05, 3.63) is 53.6 Å². The number of fused-ring (bicyclic) bond motifs is 1. The summed E-state index contributed by atoms with van der Waals surface area (Å²) in [6.07, 6.45) is 1.66. The van der Waals surface area contributed by atoms with Crippen LogP contribution in [0.4, 0.5) is 0 Å². The van der Waals surface area contributed by atoms with E-state index in [9.17, 15) is 5.11 Å². The number of rotatable bonds is 5. The van der Waals surface area contributed by atoms with E-state index in [4.69, 9.17) is 14.5 Å². The molecular formula is C24H28N2O3. The molecule has 0 bridgehead atoms. The number of aromatic nitrogens is 1. The van der Waals surface area contributed by atoms with Crippen molar-refractivity contribution >= 4 is 10.9 Å². The first-order chi connectivity index (χ1) is 14.1. The van der Waals surface area contributed by atoms with Crippen LogP contribution in [-0.2, 0) is 6.54 Å². The molecule has 0 amide bonds. The number of aryl methyl sites for hydroxylation is 1. The highest BCUT2D eigenvalue weighted by Gasteiger charge is 2.20. The van der Waals surface area contributed by atoms with Crippen LogP contribution < -0.4 is 9.47 Å². The monoisotopic (exact) mass is 392 g/mol. The largest absolute Gasteiger partial charge is 0.493 e. The minimum Gasteiger partial charge on any atom is -0.493 e. The summed E-state index contributed by atoms with van der Waals surface area (Å²) in [6, 6.07) is 14.5. The molecule has 0 radical (unpaired) electrons. The first kappa shape index (κ1) is 19.7. The number of β-amino-alcohol motifs (C(OH)–C–C–N with tert-alkyl or cyclic N) is 1. The Hall–Kier alpha value is -2.63. The van der Waals surface area contributed by atoms with E-state index in [1.165, 1.54) is 5.56 Å². The molecule has 5 nitrogen and oxygen atoms in total. The average Bonchev–Trinajstić information content (AvgIpc) is 2.73. The molecule has 0 saturated carbocycles. The topological polar surface area (TPSA) is 54.8 Å². The summed E-state index contributed by atoms with van der Waals surface area (Å²) in [4.78, 5) is 7.35. The summed E-state index contributed by atoms with van der Waals surface area (Å²) in [7, 11) is 3.29. The van der Waals surface area contributed by atoms with Crippen LogP contribution in [0.2, 0.25) is 0 Å². The predicted octanol–water partition coefficient (Wildman–Crippen LogP) is 4.18. The molecule has 0 aliphatic carbocycles. The van der Waals surface area contributed by atoms with Gasteiger partial charge in [0.05, 0.1) is 31.5 Å². The van der Waals surface area contributed by atoms with E-state index in [0.29, 0.717) is 18.0 Å². The van der Waals surface area contributed by atoms with Crippen molar-refractivity contribution in [3.63, 3.8) is 0 Å². The number of aliphatic hydroxyl groups is 1. The van der Waals surface area contributed by atoms with Crippen LogP contribution in [0.25, 0.3) is 22.2 Å². The van der Waals surface area contributed by atoms with Crippen LogP contribution >= 0.6 is 0 Å². The van der Waals surface area contributed by atoms with Gasteiger partial charge in [0.1, 0.15) is 0 Å². The van der Waals surface area contributed by atoms with Crippen molar-refractivity contribution in [3.8, 4) is 22.8 Å². The molecule has 0 spiro atoms. The zero-order valence-corrected chi connectivity index (χ0v) is 17.3. The Morgan fingerprint density at radius 1 is 1.07 bits per heavy atom. The second kappa shape index (κ2) is 8.39. The molecule has 5 heteroatoms.